The van der Waals surface area contributed by atoms with Crippen LogP contribution in [0.25, 0.3) is 11.1 Å². The first-order valence-electron chi connectivity index (χ1n) is 6.03. The Morgan fingerprint density at radius 1 is 1.22 bits per heavy atom. The van der Waals surface area contributed by atoms with Crippen LogP contribution in [0, 0.1) is 0 Å². The van der Waals surface area contributed by atoms with Crippen molar-refractivity contribution in [2.75, 3.05) is 40.0 Å². The van der Waals surface area contributed by atoms with Crippen LogP contribution in [0.5, 0.6) is 0 Å². The Hall–Kier alpha value is -1.59. The summed E-state index contributed by atoms with van der Waals surface area (Å²) in [5, 5.41) is 0. The third-order valence-corrected chi connectivity index (χ3v) is 2.79. The van der Waals surface area contributed by atoms with Gasteiger partial charge < -0.3 is 15.1 Å². The summed E-state index contributed by atoms with van der Waals surface area (Å²) in [4.78, 5) is 8.78. The van der Waals surface area contributed by atoms with Crippen molar-refractivity contribution >= 4 is 16.8 Å². The van der Waals surface area contributed by atoms with Crippen molar-refractivity contribution in [3.05, 3.63) is 24.1 Å². The molecule has 1 aromatic heterocycles. The molecular formula is C13H20N4O. The number of aromatic nitrogens is 1. The number of nitrogen functional groups attached to an aromatic ring is 1. The van der Waals surface area contributed by atoms with E-state index in [0.717, 1.165) is 30.1 Å². The first-order chi connectivity index (χ1) is 8.54. The van der Waals surface area contributed by atoms with Crippen molar-refractivity contribution < 1.29 is 4.42 Å². The molecule has 0 unspecified atom stereocenters. The highest BCUT2D eigenvalue weighted by molar-refractivity contribution is 5.76. The van der Waals surface area contributed by atoms with Crippen LogP contribution in [0.2, 0.25) is 0 Å². The van der Waals surface area contributed by atoms with Gasteiger partial charge in [0.2, 0.25) is 5.89 Å². The Morgan fingerprint density at radius 3 is 2.72 bits per heavy atom. The molecule has 0 saturated carbocycles. The molecule has 0 amide bonds. The molecule has 0 saturated heterocycles. The zero-order valence-electron chi connectivity index (χ0n) is 11.2. The number of benzene rings is 1. The Balaban J connectivity index is 2.03. The van der Waals surface area contributed by atoms with Gasteiger partial charge in [-0.15, -0.1) is 0 Å². The highest BCUT2D eigenvalue weighted by Gasteiger charge is 2.08. The molecule has 0 bridgehead atoms. The number of fused-ring (bicyclic) bond motifs is 1. The summed E-state index contributed by atoms with van der Waals surface area (Å²) < 4.78 is 5.68. The van der Waals surface area contributed by atoms with Crippen molar-refractivity contribution in [2.24, 2.45) is 0 Å². The first-order valence-corrected chi connectivity index (χ1v) is 6.03. The molecule has 5 heteroatoms. The zero-order valence-corrected chi connectivity index (χ0v) is 11.2. The van der Waals surface area contributed by atoms with E-state index >= 15 is 0 Å². The van der Waals surface area contributed by atoms with E-state index in [2.05, 4.69) is 35.9 Å². The maximum atomic E-state index is 5.72. The minimum absolute atomic E-state index is 0.711. The highest BCUT2D eigenvalue weighted by atomic mass is 16.3. The number of likely N-dealkylation sites (N-methyl/N-ethyl adjacent to an activating group) is 2. The molecule has 0 fully saturated rings. The third kappa shape index (κ3) is 3.21. The molecule has 5 nitrogen and oxygen atoms in total. The first kappa shape index (κ1) is 12.9. The highest BCUT2D eigenvalue weighted by Crippen LogP contribution is 2.18. The van der Waals surface area contributed by atoms with Crippen LogP contribution in [0.3, 0.4) is 0 Å². The maximum absolute atomic E-state index is 5.72. The minimum Gasteiger partial charge on any atom is -0.439 e. The van der Waals surface area contributed by atoms with E-state index < -0.39 is 0 Å². The number of rotatable bonds is 5. The monoisotopic (exact) mass is 248 g/mol. The number of nitrogens with zero attached hydrogens (tertiary/aromatic N) is 3. The van der Waals surface area contributed by atoms with Gasteiger partial charge in [-0.2, -0.15) is 0 Å². The SMILES string of the molecule is CN(C)CCN(C)Cc1nc2cc(N)ccc2o1. The largest absolute Gasteiger partial charge is 0.439 e. The van der Waals surface area contributed by atoms with Crippen LogP contribution in [0.1, 0.15) is 5.89 Å². The van der Waals surface area contributed by atoms with Crippen molar-refractivity contribution in [2.45, 2.75) is 6.54 Å². The molecule has 0 spiro atoms. The quantitative estimate of drug-likeness (QED) is 0.811. The topological polar surface area (TPSA) is 58.5 Å². The summed E-state index contributed by atoms with van der Waals surface area (Å²) in [6, 6.07) is 5.52. The van der Waals surface area contributed by atoms with Crippen molar-refractivity contribution in [1.29, 1.82) is 0 Å². The number of anilines is 1. The van der Waals surface area contributed by atoms with Gasteiger partial charge in [-0.05, 0) is 39.3 Å². The molecule has 2 aromatic rings. The predicted molar refractivity (Wildman–Crippen MR) is 73.3 cm³/mol. The Morgan fingerprint density at radius 2 is 2.00 bits per heavy atom. The molecule has 2 N–H and O–H groups in total. The number of nitrogens with two attached hydrogens (primary N) is 1. The van der Waals surface area contributed by atoms with Gasteiger partial charge in [0.1, 0.15) is 5.52 Å². The smallest absolute Gasteiger partial charge is 0.209 e. The zero-order chi connectivity index (χ0) is 13.1. The van der Waals surface area contributed by atoms with E-state index in [1.54, 1.807) is 0 Å². The molecule has 18 heavy (non-hydrogen) atoms. The fourth-order valence-corrected chi connectivity index (χ4v) is 1.74. The van der Waals surface area contributed by atoms with Gasteiger partial charge in [-0.1, -0.05) is 0 Å². The lowest BCUT2D eigenvalue weighted by Gasteiger charge is -2.17. The van der Waals surface area contributed by atoms with Gasteiger partial charge in [-0.3, -0.25) is 4.90 Å². The van der Waals surface area contributed by atoms with Gasteiger partial charge in [0.05, 0.1) is 6.54 Å². The van der Waals surface area contributed by atoms with Gasteiger partial charge >= 0.3 is 0 Å². The van der Waals surface area contributed by atoms with Crippen LogP contribution in [-0.4, -0.2) is 49.0 Å². The molecule has 0 atom stereocenters. The van der Waals surface area contributed by atoms with E-state index in [1.807, 2.05) is 18.2 Å². The van der Waals surface area contributed by atoms with Gasteiger partial charge in [0, 0.05) is 18.8 Å². The van der Waals surface area contributed by atoms with E-state index in [0.29, 0.717) is 12.2 Å². The van der Waals surface area contributed by atoms with E-state index in [4.69, 9.17) is 10.2 Å². The second kappa shape index (κ2) is 5.37. The van der Waals surface area contributed by atoms with Gasteiger partial charge in [-0.25, -0.2) is 4.98 Å². The number of hydrogen-bond donors (Lipinski definition) is 1. The average Bonchev–Trinajstić information content (AvgIpc) is 2.67. The second-order valence-electron chi connectivity index (χ2n) is 4.88. The summed E-state index contributed by atoms with van der Waals surface area (Å²) in [6.07, 6.45) is 0. The Kier molecular flexibility index (Phi) is 3.84. The fourth-order valence-electron chi connectivity index (χ4n) is 1.74. The molecule has 2 rings (SSSR count). The Labute approximate surface area is 107 Å². The molecule has 0 radical (unpaired) electrons. The lowest BCUT2D eigenvalue weighted by molar-refractivity contribution is 0.256. The van der Waals surface area contributed by atoms with E-state index in [1.165, 1.54) is 0 Å². The van der Waals surface area contributed by atoms with Gasteiger partial charge in [0.15, 0.2) is 5.58 Å². The molecule has 0 aliphatic rings. The number of oxazole rings is 1. The third-order valence-electron chi connectivity index (χ3n) is 2.79. The average molecular weight is 248 g/mol. The van der Waals surface area contributed by atoms with Gasteiger partial charge in [0.25, 0.3) is 0 Å². The predicted octanol–water partition coefficient (Wildman–Crippen LogP) is 1.40. The molecule has 0 aliphatic heterocycles. The standard InChI is InChI=1S/C13H20N4O/c1-16(2)6-7-17(3)9-13-15-11-8-10(14)4-5-12(11)18-13/h4-5,8H,6-7,9,14H2,1-3H3. The van der Waals surface area contributed by atoms with Crippen LogP contribution < -0.4 is 5.73 Å². The van der Waals surface area contributed by atoms with Crippen LogP contribution in [0.4, 0.5) is 5.69 Å². The van der Waals surface area contributed by atoms with Crippen LogP contribution in [0.15, 0.2) is 22.6 Å². The summed E-state index contributed by atoms with van der Waals surface area (Å²) in [5.41, 5.74) is 8.05. The summed E-state index contributed by atoms with van der Waals surface area (Å²) in [6.45, 7) is 2.71. The second-order valence-corrected chi connectivity index (χ2v) is 4.88. The normalized spacial score (nSPS) is 11.8. The number of hydrogen-bond acceptors (Lipinski definition) is 5. The maximum Gasteiger partial charge on any atom is 0.209 e. The van der Waals surface area contributed by atoms with Crippen LogP contribution >= 0.6 is 0 Å². The summed E-state index contributed by atoms with van der Waals surface area (Å²) in [5.74, 6) is 0.733. The molecular weight excluding hydrogens is 228 g/mol. The van der Waals surface area contributed by atoms with Crippen molar-refractivity contribution in [3.63, 3.8) is 0 Å². The minimum atomic E-state index is 0.711. The summed E-state index contributed by atoms with van der Waals surface area (Å²) in [7, 11) is 6.19. The molecule has 0 aliphatic carbocycles. The van der Waals surface area contributed by atoms with Crippen molar-refractivity contribution in [1.82, 2.24) is 14.8 Å². The van der Waals surface area contributed by atoms with E-state index in [-0.39, 0.29) is 0 Å². The lowest BCUT2D eigenvalue weighted by atomic mass is 10.3. The lowest BCUT2D eigenvalue weighted by Crippen LogP contribution is -2.28. The molecule has 1 heterocycles. The van der Waals surface area contributed by atoms with E-state index in [9.17, 15) is 0 Å². The summed E-state index contributed by atoms with van der Waals surface area (Å²) >= 11 is 0. The molecule has 1 aromatic carbocycles. The van der Waals surface area contributed by atoms with Crippen molar-refractivity contribution in [3.8, 4) is 0 Å². The molecule has 98 valence electrons. The van der Waals surface area contributed by atoms with Crippen LogP contribution in [-0.2, 0) is 6.54 Å². The fraction of sp³-hybridized carbons (Fsp3) is 0.462. The Bertz CT molecular complexity index is 521.